The van der Waals surface area contributed by atoms with Gasteiger partial charge in [0.05, 0.1) is 25.0 Å². The number of carbonyl (C=O) groups excluding carboxylic acids is 2. The van der Waals surface area contributed by atoms with Gasteiger partial charge in [-0.1, -0.05) is 116 Å². The molecule has 0 heterocycles. The monoisotopic (exact) mass is 464 g/mol. The zero-order valence-corrected chi connectivity index (χ0v) is 22.0. The average Bonchev–Trinajstić information content (AvgIpc) is 2.81. The smallest absolute Gasteiger partial charge is 0.313 e. The van der Waals surface area contributed by atoms with Gasteiger partial charge in [-0.2, -0.15) is 0 Å². The molecule has 0 aromatic heterocycles. The quantitative estimate of drug-likeness (QED) is 0.103. The zero-order chi connectivity index (χ0) is 24.2. The lowest BCUT2D eigenvalue weighted by Gasteiger charge is -2.24. The first-order chi connectivity index (χ1) is 16.1. The number of carbonyl (C=O) groups is 2. The summed E-state index contributed by atoms with van der Waals surface area (Å²) in [5, 5.41) is 0. The third kappa shape index (κ3) is 15.2. The molecule has 33 heavy (non-hydrogen) atoms. The molecule has 0 amide bonds. The van der Waals surface area contributed by atoms with E-state index in [-0.39, 0.29) is 11.9 Å². The van der Waals surface area contributed by atoms with Crippen molar-refractivity contribution in [2.75, 3.05) is 13.2 Å². The van der Waals surface area contributed by atoms with Gasteiger partial charge in [-0.25, -0.2) is 0 Å². The highest BCUT2D eigenvalue weighted by Gasteiger charge is 2.35. The first-order valence-electron chi connectivity index (χ1n) is 14.1. The number of esters is 2. The highest BCUT2D eigenvalue weighted by molar-refractivity contribution is 5.83. The maximum atomic E-state index is 12.6. The molecule has 1 rings (SSSR count). The minimum absolute atomic E-state index is 0.231. The van der Waals surface area contributed by atoms with Crippen molar-refractivity contribution in [2.45, 2.75) is 130 Å². The Morgan fingerprint density at radius 2 is 1.27 bits per heavy atom. The summed E-state index contributed by atoms with van der Waals surface area (Å²) < 4.78 is 11.0. The van der Waals surface area contributed by atoms with E-state index in [0.717, 1.165) is 38.0 Å². The Hall–Kier alpha value is -1.32. The molecule has 192 valence electrons. The first-order valence-corrected chi connectivity index (χ1v) is 14.1. The number of hydrogen-bond donors (Lipinski definition) is 0. The maximum absolute atomic E-state index is 12.6. The predicted molar refractivity (Wildman–Crippen MR) is 137 cm³/mol. The fourth-order valence-corrected chi connectivity index (χ4v) is 4.49. The van der Waals surface area contributed by atoms with Crippen LogP contribution in [0.25, 0.3) is 0 Å². The molecule has 0 aliphatic heterocycles. The number of hydrogen-bond acceptors (Lipinski definition) is 4. The van der Waals surface area contributed by atoms with Crippen LogP contribution in [0.1, 0.15) is 130 Å². The van der Waals surface area contributed by atoms with Crippen molar-refractivity contribution in [1.29, 1.82) is 0 Å². The molecule has 0 radical (unpaired) electrons. The van der Waals surface area contributed by atoms with E-state index in [1.54, 1.807) is 0 Å². The lowest BCUT2D eigenvalue weighted by atomic mass is 9.84. The summed E-state index contributed by atoms with van der Waals surface area (Å²) >= 11 is 0. The van der Waals surface area contributed by atoms with Crippen LogP contribution in [0.15, 0.2) is 12.2 Å². The van der Waals surface area contributed by atoms with Gasteiger partial charge in [0, 0.05) is 0 Å². The van der Waals surface area contributed by atoms with Crippen LogP contribution in [-0.2, 0) is 19.1 Å². The Morgan fingerprint density at radius 3 is 1.85 bits per heavy atom. The predicted octanol–water partition coefficient (Wildman–Crippen LogP) is 8.18. The van der Waals surface area contributed by atoms with Crippen molar-refractivity contribution in [3.05, 3.63) is 12.2 Å². The van der Waals surface area contributed by atoms with Crippen LogP contribution in [0.4, 0.5) is 0 Å². The Balaban J connectivity index is 2.14. The second-order valence-electron chi connectivity index (χ2n) is 10.3. The van der Waals surface area contributed by atoms with Crippen LogP contribution in [-0.4, -0.2) is 25.2 Å². The molecule has 0 N–H and O–H groups in total. The van der Waals surface area contributed by atoms with Crippen LogP contribution in [0, 0.1) is 17.8 Å². The summed E-state index contributed by atoms with van der Waals surface area (Å²) in [7, 11) is 0. The summed E-state index contributed by atoms with van der Waals surface area (Å²) in [5.41, 5.74) is 0. The molecule has 4 heteroatoms. The Morgan fingerprint density at radius 1 is 0.758 bits per heavy atom. The van der Waals surface area contributed by atoms with Gasteiger partial charge in [0.1, 0.15) is 0 Å². The fraction of sp³-hybridized carbons (Fsp3) is 0.862. The van der Waals surface area contributed by atoms with E-state index in [4.69, 9.17) is 9.47 Å². The Labute approximate surface area is 204 Å². The van der Waals surface area contributed by atoms with E-state index in [2.05, 4.69) is 20.8 Å². The van der Waals surface area contributed by atoms with Gasteiger partial charge < -0.3 is 9.47 Å². The van der Waals surface area contributed by atoms with Crippen LogP contribution < -0.4 is 0 Å². The summed E-state index contributed by atoms with van der Waals surface area (Å²) in [4.78, 5) is 25.2. The topological polar surface area (TPSA) is 52.6 Å². The van der Waals surface area contributed by atoms with E-state index in [1.807, 2.05) is 12.2 Å². The number of rotatable bonds is 20. The highest BCUT2D eigenvalue weighted by atomic mass is 16.5. The third-order valence-electron chi connectivity index (χ3n) is 6.66. The van der Waals surface area contributed by atoms with Gasteiger partial charge in [0.25, 0.3) is 0 Å². The lowest BCUT2D eigenvalue weighted by molar-refractivity contribution is -0.159. The first kappa shape index (κ1) is 29.7. The normalized spacial score (nSPS) is 17.9. The summed E-state index contributed by atoms with van der Waals surface area (Å²) in [5.74, 6) is -0.626. The molecule has 0 spiro atoms. The van der Waals surface area contributed by atoms with Gasteiger partial charge in [-0.05, 0) is 31.6 Å². The highest BCUT2D eigenvalue weighted by Crippen LogP contribution is 2.27. The van der Waals surface area contributed by atoms with Crippen molar-refractivity contribution in [2.24, 2.45) is 17.8 Å². The van der Waals surface area contributed by atoms with Gasteiger partial charge in [0.15, 0.2) is 0 Å². The molecule has 1 aliphatic carbocycles. The molecule has 0 saturated heterocycles. The standard InChI is InChI=1S/C29H52O4/c1-4-5-6-7-8-9-10-11-13-18-23-32-28(30)26-21-16-17-22-27(26)29(31)33-24-19-14-12-15-20-25(2)3/h17,22,25-27H,4-16,18-21,23-24H2,1-3H3. The van der Waals surface area contributed by atoms with Crippen molar-refractivity contribution in [3.63, 3.8) is 0 Å². The van der Waals surface area contributed by atoms with Crippen molar-refractivity contribution >= 4 is 11.9 Å². The van der Waals surface area contributed by atoms with Crippen LogP contribution in [0.2, 0.25) is 0 Å². The minimum atomic E-state index is -0.486. The molecule has 0 bridgehead atoms. The summed E-state index contributed by atoms with van der Waals surface area (Å²) in [6.07, 6.45) is 23.6. The zero-order valence-electron chi connectivity index (χ0n) is 22.0. The van der Waals surface area contributed by atoms with E-state index in [9.17, 15) is 9.59 Å². The van der Waals surface area contributed by atoms with Crippen molar-refractivity contribution < 1.29 is 19.1 Å². The molecule has 0 aromatic rings. The molecule has 0 saturated carbocycles. The largest absolute Gasteiger partial charge is 0.465 e. The molecule has 0 aromatic carbocycles. The Kier molecular flexibility index (Phi) is 18.1. The van der Waals surface area contributed by atoms with Gasteiger partial charge >= 0.3 is 11.9 Å². The van der Waals surface area contributed by atoms with Crippen LogP contribution >= 0.6 is 0 Å². The fourth-order valence-electron chi connectivity index (χ4n) is 4.49. The van der Waals surface area contributed by atoms with Gasteiger partial charge in [0.2, 0.25) is 0 Å². The molecular formula is C29H52O4. The second kappa shape index (κ2) is 20.1. The molecule has 2 atom stereocenters. The van der Waals surface area contributed by atoms with Crippen LogP contribution in [0.5, 0.6) is 0 Å². The summed E-state index contributed by atoms with van der Waals surface area (Å²) in [6, 6.07) is 0. The second-order valence-corrected chi connectivity index (χ2v) is 10.3. The molecule has 0 fully saturated rings. The van der Waals surface area contributed by atoms with Gasteiger partial charge in [-0.15, -0.1) is 0 Å². The van der Waals surface area contributed by atoms with E-state index in [1.165, 1.54) is 70.6 Å². The van der Waals surface area contributed by atoms with E-state index >= 15 is 0 Å². The van der Waals surface area contributed by atoms with Crippen molar-refractivity contribution in [3.8, 4) is 0 Å². The minimum Gasteiger partial charge on any atom is -0.465 e. The molecule has 4 nitrogen and oxygen atoms in total. The number of unbranched alkanes of at least 4 members (excludes halogenated alkanes) is 12. The maximum Gasteiger partial charge on any atom is 0.313 e. The Bertz CT molecular complexity index is 526. The lowest BCUT2D eigenvalue weighted by Crippen LogP contribution is -2.33. The summed E-state index contributed by atoms with van der Waals surface area (Å²) in [6.45, 7) is 7.66. The number of ether oxygens (including phenoxy) is 2. The van der Waals surface area contributed by atoms with E-state index < -0.39 is 11.8 Å². The molecule has 2 unspecified atom stereocenters. The number of allylic oxidation sites excluding steroid dienone is 1. The third-order valence-corrected chi connectivity index (χ3v) is 6.66. The van der Waals surface area contributed by atoms with Gasteiger partial charge in [-0.3, -0.25) is 9.59 Å². The average molecular weight is 465 g/mol. The molecule has 1 aliphatic rings. The van der Waals surface area contributed by atoms with Crippen molar-refractivity contribution in [1.82, 2.24) is 0 Å². The van der Waals surface area contributed by atoms with E-state index in [0.29, 0.717) is 19.6 Å². The SMILES string of the molecule is CCCCCCCCCCCCOC(=O)C1CCC=CC1C(=O)OCCCCCCC(C)C. The van der Waals surface area contributed by atoms with Crippen LogP contribution in [0.3, 0.4) is 0 Å². The molecular weight excluding hydrogens is 412 g/mol.